The van der Waals surface area contributed by atoms with Crippen LogP contribution in [0.4, 0.5) is 11.9 Å². The zero-order valence-corrected chi connectivity index (χ0v) is 16.0. The molecule has 8 nitrogen and oxygen atoms in total. The Kier molecular flexibility index (Phi) is 5.50. The van der Waals surface area contributed by atoms with Crippen LogP contribution in [0.5, 0.6) is 0 Å². The van der Waals surface area contributed by atoms with Crippen molar-refractivity contribution >= 4 is 33.3 Å². The maximum absolute atomic E-state index is 12.3. The van der Waals surface area contributed by atoms with E-state index in [2.05, 4.69) is 24.6 Å². The first-order chi connectivity index (χ1) is 12.0. The summed E-state index contributed by atoms with van der Waals surface area (Å²) >= 11 is 1.18. The first-order valence-electron chi connectivity index (χ1n) is 8.16. The second-order valence-corrected chi connectivity index (χ2v) is 8.99. The van der Waals surface area contributed by atoms with Crippen molar-refractivity contribution in [3.05, 3.63) is 23.3 Å². The van der Waals surface area contributed by atoms with E-state index in [0.717, 1.165) is 25.9 Å². The van der Waals surface area contributed by atoms with Gasteiger partial charge in [-0.1, -0.05) is 6.07 Å². The molecule has 2 aromatic rings. The molecular formula is C15H22N6O2S2. The zero-order chi connectivity index (χ0) is 17.9. The van der Waals surface area contributed by atoms with Crippen molar-refractivity contribution < 1.29 is 8.42 Å². The van der Waals surface area contributed by atoms with Crippen LogP contribution in [0.25, 0.3) is 0 Å². The van der Waals surface area contributed by atoms with Crippen molar-refractivity contribution in [3.8, 4) is 0 Å². The molecule has 136 valence electrons. The van der Waals surface area contributed by atoms with Gasteiger partial charge in [0.05, 0.1) is 6.54 Å². The highest BCUT2D eigenvalue weighted by Crippen LogP contribution is 2.19. The Labute approximate surface area is 152 Å². The van der Waals surface area contributed by atoms with Gasteiger partial charge in [-0.15, -0.1) is 11.3 Å². The smallest absolute Gasteiger partial charge is 0.250 e. The average molecular weight is 383 g/mol. The van der Waals surface area contributed by atoms with Gasteiger partial charge in [-0.3, -0.25) is 0 Å². The third-order valence-corrected chi connectivity index (χ3v) is 6.68. The number of nitrogens with zero attached hydrogens (tertiary/aromatic N) is 5. The summed E-state index contributed by atoms with van der Waals surface area (Å²) in [6, 6.07) is 3.28. The number of anilines is 2. The highest BCUT2D eigenvalue weighted by atomic mass is 32.2. The summed E-state index contributed by atoms with van der Waals surface area (Å²) in [5.41, 5.74) is 0. The topological polar surface area (TPSA) is 91.3 Å². The van der Waals surface area contributed by atoms with E-state index in [0.29, 0.717) is 17.7 Å². The summed E-state index contributed by atoms with van der Waals surface area (Å²) in [5.74, 6) is 1.56. The molecule has 1 saturated heterocycles. The minimum atomic E-state index is -3.55. The van der Waals surface area contributed by atoms with Gasteiger partial charge in [-0.2, -0.15) is 15.0 Å². The van der Waals surface area contributed by atoms with Crippen LogP contribution >= 0.6 is 11.3 Å². The molecule has 1 fully saturated rings. The lowest BCUT2D eigenvalue weighted by Gasteiger charge is -2.27. The number of hydrogen-bond donors (Lipinski definition) is 1. The first kappa shape index (κ1) is 18.0. The Bertz CT molecular complexity index is 801. The highest BCUT2D eigenvalue weighted by molar-refractivity contribution is 7.91. The molecule has 0 spiro atoms. The third kappa shape index (κ3) is 4.44. The molecule has 0 aromatic carbocycles. The average Bonchev–Trinajstić information content (AvgIpc) is 3.16. The predicted molar refractivity (Wildman–Crippen MR) is 98.6 cm³/mol. The predicted octanol–water partition coefficient (Wildman–Crippen LogP) is 1.47. The third-order valence-electron chi connectivity index (χ3n) is 3.88. The second kappa shape index (κ2) is 7.63. The maximum atomic E-state index is 12.3. The molecular weight excluding hydrogens is 360 g/mol. The largest absolute Gasteiger partial charge is 0.347 e. The second-order valence-electron chi connectivity index (χ2n) is 6.05. The number of aromatic nitrogens is 3. The van der Waals surface area contributed by atoms with E-state index in [1.807, 2.05) is 14.1 Å². The van der Waals surface area contributed by atoms with Gasteiger partial charge in [0, 0.05) is 27.2 Å². The van der Waals surface area contributed by atoms with Gasteiger partial charge in [0.2, 0.25) is 21.9 Å². The number of thiophene rings is 1. The van der Waals surface area contributed by atoms with Crippen LogP contribution < -0.4 is 14.5 Å². The van der Waals surface area contributed by atoms with Crippen molar-refractivity contribution in [2.45, 2.75) is 30.0 Å². The van der Waals surface area contributed by atoms with Crippen molar-refractivity contribution in [1.82, 2.24) is 19.7 Å². The lowest BCUT2D eigenvalue weighted by molar-refractivity contribution is 0.563. The molecule has 0 aliphatic carbocycles. The lowest BCUT2D eigenvalue weighted by Crippen LogP contribution is -2.32. The number of hydrogen-bond acceptors (Lipinski definition) is 8. The Balaban J connectivity index is 1.81. The van der Waals surface area contributed by atoms with Crippen LogP contribution in [0.1, 0.15) is 25.1 Å². The van der Waals surface area contributed by atoms with Crippen LogP contribution in [-0.4, -0.2) is 50.6 Å². The zero-order valence-electron chi connectivity index (χ0n) is 14.3. The SMILES string of the molecule is CN(C)c1nc(CNS(=O)(=O)c2cccs2)nc(N2CCCCC2)n1. The van der Waals surface area contributed by atoms with E-state index in [1.165, 1.54) is 17.8 Å². The molecule has 10 heteroatoms. The molecule has 0 unspecified atom stereocenters. The summed E-state index contributed by atoms with van der Waals surface area (Å²) in [6.45, 7) is 1.86. The van der Waals surface area contributed by atoms with Gasteiger partial charge in [-0.05, 0) is 30.7 Å². The van der Waals surface area contributed by atoms with Gasteiger partial charge >= 0.3 is 0 Å². The molecule has 3 heterocycles. The molecule has 0 saturated carbocycles. The Hall–Kier alpha value is -1.78. The maximum Gasteiger partial charge on any atom is 0.250 e. The highest BCUT2D eigenvalue weighted by Gasteiger charge is 2.19. The molecule has 0 radical (unpaired) electrons. The van der Waals surface area contributed by atoms with Crippen molar-refractivity contribution in [2.24, 2.45) is 0 Å². The van der Waals surface area contributed by atoms with E-state index in [9.17, 15) is 8.42 Å². The standard InChI is InChI=1S/C15H22N6O2S2/c1-20(2)14-17-12(11-16-25(22,23)13-7-6-10-24-13)18-15(19-14)21-8-4-3-5-9-21/h6-7,10,16H,3-5,8-9,11H2,1-2H3. The summed E-state index contributed by atoms with van der Waals surface area (Å²) in [4.78, 5) is 17.3. The monoisotopic (exact) mass is 382 g/mol. The summed E-state index contributed by atoms with van der Waals surface area (Å²) in [7, 11) is 0.167. The van der Waals surface area contributed by atoms with Gasteiger partial charge < -0.3 is 9.80 Å². The molecule has 2 aromatic heterocycles. The van der Waals surface area contributed by atoms with Gasteiger partial charge in [-0.25, -0.2) is 13.1 Å². The van der Waals surface area contributed by atoms with Crippen LogP contribution in [0, 0.1) is 0 Å². The van der Waals surface area contributed by atoms with Gasteiger partial charge in [0.15, 0.2) is 5.82 Å². The number of piperidine rings is 1. The van der Waals surface area contributed by atoms with Crippen LogP contribution in [-0.2, 0) is 16.6 Å². The molecule has 0 amide bonds. The fraction of sp³-hybridized carbons (Fsp3) is 0.533. The molecule has 0 atom stereocenters. The van der Waals surface area contributed by atoms with Gasteiger partial charge in [0.25, 0.3) is 0 Å². The first-order valence-corrected chi connectivity index (χ1v) is 10.5. The van der Waals surface area contributed by atoms with E-state index >= 15 is 0 Å². The minimum Gasteiger partial charge on any atom is -0.347 e. The molecule has 0 bridgehead atoms. The van der Waals surface area contributed by atoms with Crippen LogP contribution in [0.15, 0.2) is 21.7 Å². The quantitative estimate of drug-likeness (QED) is 0.809. The number of sulfonamides is 1. The molecule has 1 N–H and O–H groups in total. The van der Waals surface area contributed by atoms with E-state index in [4.69, 9.17) is 0 Å². The summed E-state index contributed by atoms with van der Waals surface area (Å²) in [5, 5.41) is 1.73. The van der Waals surface area contributed by atoms with Crippen molar-refractivity contribution in [2.75, 3.05) is 37.0 Å². The Morgan fingerprint density at radius 1 is 1.20 bits per heavy atom. The normalized spacial score (nSPS) is 15.4. The molecule has 3 rings (SSSR count). The molecule has 1 aliphatic rings. The molecule has 25 heavy (non-hydrogen) atoms. The van der Waals surface area contributed by atoms with Crippen molar-refractivity contribution in [3.63, 3.8) is 0 Å². The number of nitrogens with one attached hydrogen (secondary N) is 1. The minimum absolute atomic E-state index is 0.0322. The summed E-state index contributed by atoms with van der Waals surface area (Å²) < 4.78 is 27.4. The van der Waals surface area contributed by atoms with E-state index in [-0.39, 0.29) is 10.8 Å². The fourth-order valence-corrected chi connectivity index (χ4v) is 4.57. The van der Waals surface area contributed by atoms with E-state index in [1.54, 1.807) is 22.4 Å². The molecule has 1 aliphatic heterocycles. The Morgan fingerprint density at radius 3 is 2.60 bits per heavy atom. The fourth-order valence-electron chi connectivity index (χ4n) is 2.56. The van der Waals surface area contributed by atoms with Crippen LogP contribution in [0.2, 0.25) is 0 Å². The van der Waals surface area contributed by atoms with Gasteiger partial charge in [0.1, 0.15) is 4.21 Å². The van der Waals surface area contributed by atoms with E-state index < -0.39 is 10.0 Å². The summed E-state index contributed by atoms with van der Waals surface area (Å²) in [6.07, 6.45) is 3.45. The lowest BCUT2D eigenvalue weighted by atomic mass is 10.1. The van der Waals surface area contributed by atoms with Crippen LogP contribution in [0.3, 0.4) is 0 Å². The van der Waals surface area contributed by atoms with Crippen molar-refractivity contribution in [1.29, 1.82) is 0 Å². The Morgan fingerprint density at radius 2 is 1.96 bits per heavy atom. The number of rotatable bonds is 6.